The molecule has 0 spiro atoms. The normalized spacial score (nSPS) is 15.6. The number of aromatic amines is 1. The first kappa shape index (κ1) is 17.7. The van der Waals surface area contributed by atoms with Crippen molar-refractivity contribution < 1.29 is 4.74 Å². The van der Waals surface area contributed by atoms with Crippen molar-refractivity contribution in [2.45, 2.75) is 45.6 Å². The van der Waals surface area contributed by atoms with E-state index in [-0.39, 0.29) is 5.69 Å². The van der Waals surface area contributed by atoms with Crippen LogP contribution in [0.2, 0.25) is 0 Å². The number of nitrogens with one attached hydrogen (secondary N) is 3. The van der Waals surface area contributed by atoms with Gasteiger partial charge in [-0.2, -0.15) is 9.97 Å². The lowest BCUT2D eigenvalue weighted by Gasteiger charge is -2.21. The number of unbranched alkanes of at least 4 members (excludes halogenated alkanes) is 1. The Morgan fingerprint density at radius 3 is 2.84 bits per heavy atom. The zero-order chi connectivity index (χ0) is 17.6. The van der Waals surface area contributed by atoms with E-state index in [1.54, 1.807) is 11.6 Å². The van der Waals surface area contributed by atoms with Crippen molar-refractivity contribution in [1.82, 2.24) is 19.5 Å². The first-order valence-electron chi connectivity index (χ1n) is 9.22. The summed E-state index contributed by atoms with van der Waals surface area (Å²) in [4.78, 5) is 24.4. The number of H-pyrrole nitrogens is 1. The summed E-state index contributed by atoms with van der Waals surface area (Å²) in [6, 6.07) is 0. The van der Waals surface area contributed by atoms with Gasteiger partial charge < -0.3 is 20.4 Å². The topological polar surface area (TPSA) is 96.9 Å². The summed E-state index contributed by atoms with van der Waals surface area (Å²) < 4.78 is 7.15. The smallest absolute Gasteiger partial charge is 0.327 e. The number of nitrogens with zero attached hydrogens (tertiary/aromatic N) is 3. The first-order chi connectivity index (χ1) is 12.2. The Morgan fingerprint density at radius 2 is 2.12 bits per heavy atom. The zero-order valence-electron chi connectivity index (χ0n) is 15.1. The van der Waals surface area contributed by atoms with Gasteiger partial charge in [0, 0.05) is 33.4 Å². The second-order valence-electron chi connectivity index (χ2n) is 6.55. The predicted octanol–water partition coefficient (Wildman–Crippen LogP) is 2.19. The molecule has 1 fully saturated rings. The fourth-order valence-corrected chi connectivity index (χ4v) is 3.22. The van der Waals surface area contributed by atoms with Crippen molar-refractivity contribution in [2.75, 3.05) is 37.4 Å². The number of ether oxygens (including phenoxy) is 1. The van der Waals surface area contributed by atoms with Gasteiger partial charge in [0.25, 0.3) is 0 Å². The largest absolute Gasteiger partial charge is 0.381 e. The molecule has 3 N–H and O–H groups in total. The quantitative estimate of drug-likeness (QED) is 0.633. The Kier molecular flexibility index (Phi) is 5.91. The van der Waals surface area contributed by atoms with Crippen LogP contribution in [0.15, 0.2) is 4.79 Å². The Hall–Kier alpha value is -2.09. The Balaban J connectivity index is 1.84. The van der Waals surface area contributed by atoms with Crippen LogP contribution in [0.5, 0.6) is 0 Å². The van der Waals surface area contributed by atoms with E-state index in [1.807, 2.05) is 0 Å². The van der Waals surface area contributed by atoms with Crippen LogP contribution in [-0.4, -0.2) is 46.3 Å². The molecule has 8 heteroatoms. The molecule has 3 rings (SSSR count). The average molecular weight is 348 g/mol. The molecule has 25 heavy (non-hydrogen) atoms. The van der Waals surface area contributed by atoms with Gasteiger partial charge >= 0.3 is 5.69 Å². The van der Waals surface area contributed by atoms with E-state index in [9.17, 15) is 4.79 Å². The van der Waals surface area contributed by atoms with Crippen LogP contribution >= 0.6 is 0 Å². The lowest BCUT2D eigenvalue weighted by atomic mass is 9.97. The van der Waals surface area contributed by atoms with Gasteiger partial charge in [0.2, 0.25) is 5.95 Å². The van der Waals surface area contributed by atoms with Crippen molar-refractivity contribution in [1.29, 1.82) is 0 Å². The maximum Gasteiger partial charge on any atom is 0.327 e. The maximum absolute atomic E-state index is 12.4. The molecule has 2 aromatic rings. The van der Waals surface area contributed by atoms with Crippen LogP contribution < -0.4 is 16.3 Å². The number of hydrogen-bond donors (Lipinski definition) is 3. The Labute approximate surface area is 147 Å². The number of aryl methyl sites for hydroxylation is 1. The fraction of sp³-hybridized carbons (Fsp3) is 0.706. The van der Waals surface area contributed by atoms with Gasteiger partial charge in [-0.05, 0) is 31.6 Å². The minimum atomic E-state index is -0.126. The van der Waals surface area contributed by atoms with Gasteiger partial charge in [-0.3, -0.25) is 4.57 Å². The third-order valence-electron chi connectivity index (χ3n) is 4.77. The highest BCUT2D eigenvalue weighted by atomic mass is 16.5. The van der Waals surface area contributed by atoms with Gasteiger partial charge in [-0.25, -0.2) is 4.79 Å². The standard InChI is InChI=1S/C17H28N6O2/c1-3-4-8-19-16-21-14(18-2)13-15(22-16)23(17(24)20-13)9-5-12-6-10-25-11-7-12/h12H,3-11H2,1-2H3,(H,20,24)(H2,18,19,21,22). The number of aromatic nitrogens is 4. The summed E-state index contributed by atoms with van der Waals surface area (Å²) in [6.07, 6.45) is 5.26. The molecule has 1 aliphatic heterocycles. The molecule has 0 aliphatic carbocycles. The van der Waals surface area contributed by atoms with Crippen LogP contribution in [0.25, 0.3) is 11.2 Å². The van der Waals surface area contributed by atoms with Crippen LogP contribution in [0.1, 0.15) is 39.0 Å². The monoisotopic (exact) mass is 348 g/mol. The van der Waals surface area contributed by atoms with Crippen molar-refractivity contribution in [3.05, 3.63) is 10.5 Å². The summed E-state index contributed by atoms with van der Waals surface area (Å²) in [5.74, 6) is 1.81. The summed E-state index contributed by atoms with van der Waals surface area (Å²) in [5.41, 5.74) is 1.20. The third-order valence-corrected chi connectivity index (χ3v) is 4.77. The molecule has 0 bridgehead atoms. The third kappa shape index (κ3) is 4.12. The molecule has 3 heterocycles. The molecule has 2 aromatic heterocycles. The highest BCUT2D eigenvalue weighted by Crippen LogP contribution is 2.22. The van der Waals surface area contributed by atoms with E-state index >= 15 is 0 Å². The molecule has 0 saturated carbocycles. The zero-order valence-corrected chi connectivity index (χ0v) is 15.1. The molecule has 138 valence electrons. The molecule has 0 unspecified atom stereocenters. The first-order valence-corrected chi connectivity index (χ1v) is 9.22. The van der Waals surface area contributed by atoms with Crippen LogP contribution in [0, 0.1) is 5.92 Å². The average Bonchev–Trinajstić information content (AvgIpc) is 2.95. The van der Waals surface area contributed by atoms with Crippen molar-refractivity contribution in [3.63, 3.8) is 0 Å². The maximum atomic E-state index is 12.4. The number of anilines is 2. The van der Waals surface area contributed by atoms with Crippen LogP contribution in [-0.2, 0) is 11.3 Å². The van der Waals surface area contributed by atoms with E-state index in [4.69, 9.17) is 4.74 Å². The number of rotatable bonds is 8. The molecular formula is C17H28N6O2. The Bertz CT molecular complexity index is 747. The molecule has 0 amide bonds. The summed E-state index contributed by atoms with van der Waals surface area (Å²) in [6.45, 7) is 5.28. The molecule has 0 aromatic carbocycles. The number of imidazole rings is 1. The second-order valence-corrected chi connectivity index (χ2v) is 6.55. The van der Waals surface area contributed by atoms with E-state index in [1.165, 1.54) is 0 Å². The van der Waals surface area contributed by atoms with E-state index in [0.29, 0.717) is 35.4 Å². The van der Waals surface area contributed by atoms with Crippen molar-refractivity contribution >= 4 is 22.9 Å². The van der Waals surface area contributed by atoms with Gasteiger partial charge in [0.1, 0.15) is 5.52 Å². The van der Waals surface area contributed by atoms with Crippen molar-refractivity contribution in [2.24, 2.45) is 5.92 Å². The highest BCUT2D eigenvalue weighted by molar-refractivity contribution is 5.84. The predicted molar refractivity (Wildman–Crippen MR) is 99.3 cm³/mol. The van der Waals surface area contributed by atoms with E-state index < -0.39 is 0 Å². The van der Waals surface area contributed by atoms with Gasteiger partial charge in [0.05, 0.1) is 0 Å². The molecule has 0 radical (unpaired) electrons. The Morgan fingerprint density at radius 1 is 1.32 bits per heavy atom. The lowest BCUT2D eigenvalue weighted by Crippen LogP contribution is -2.22. The molecular weight excluding hydrogens is 320 g/mol. The number of fused-ring (bicyclic) bond motifs is 1. The highest BCUT2D eigenvalue weighted by Gasteiger charge is 2.18. The fourth-order valence-electron chi connectivity index (χ4n) is 3.22. The van der Waals surface area contributed by atoms with Gasteiger partial charge in [-0.1, -0.05) is 13.3 Å². The summed E-state index contributed by atoms with van der Waals surface area (Å²) in [5, 5.41) is 6.30. The van der Waals surface area contributed by atoms with Gasteiger partial charge in [-0.15, -0.1) is 0 Å². The van der Waals surface area contributed by atoms with Crippen LogP contribution in [0.3, 0.4) is 0 Å². The number of hydrogen-bond acceptors (Lipinski definition) is 6. The van der Waals surface area contributed by atoms with Gasteiger partial charge in [0.15, 0.2) is 11.5 Å². The minimum Gasteiger partial charge on any atom is -0.381 e. The molecule has 0 atom stereocenters. The molecule has 1 saturated heterocycles. The lowest BCUT2D eigenvalue weighted by molar-refractivity contribution is 0.0626. The molecule has 1 aliphatic rings. The SMILES string of the molecule is CCCCNc1nc(NC)c2[nH]c(=O)n(CCC3CCOCC3)c2n1. The second kappa shape index (κ2) is 8.33. The van der Waals surface area contributed by atoms with E-state index in [0.717, 1.165) is 51.9 Å². The van der Waals surface area contributed by atoms with E-state index in [2.05, 4.69) is 32.5 Å². The van der Waals surface area contributed by atoms with Crippen LogP contribution in [0.4, 0.5) is 11.8 Å². The summed E-state index contributed by atoms with van der Waals surface area (Å²) in [7, 11) is 1.80. The minimum absolute atomic E-state index is 0.126. The van der Waals surface area contributed by atoms with Crippen molar-refractivity contribution in [3.8, 4) is 0 Å². The molecule has 8 nitrogen and oxygen atoms in total. The summed E-state index contributed by atoms with van der Waals surface area (Å²) >= 11 is 0.